The van der Waals surface area contributed by atoms with Crippen LogP contribution in [0.2, 0.25) is 0 Å². The molecule has 0 saturated heterocycles. The van der Waals surface area contributed by atoms with Crippen molar-refractivity contribution >= 4 is 10.0 Å². The zero-order valence-electron chi connectivity index (χ0n) is 12.0. The fourth-order valence-electron chi connectivity index (χ4n) is 1.69. The number of hydrogen-bond acceptors (Lipinski definition) is 4. The summed E-state index contributed by atoms with van der Waals surface area (Å²) < 4.78 is 31.0. The van der Waals surface area contributed by atoms with Gasteiger partial charge in [-0.1, -0.05) is 18.9 Å². The predicted molar refractivity (Wildman–Crippen MR) is 79.0 cm³/mol. The third kappa shape index (κ3) is 3.73. The van der Waals surface area contributed by atoms with Gasteiger partial charge >= 0.3 is 0 Å². The Bertz CT molecular complexity index is 591. The molecule has 0 aliphatic rings. The molecule has 1 aromatic carbocycles. The minimum Gasteiger partial charge on any atom is -0.495 e. The molecule has 0 unspecified atom stereocenters. The summed E-state index contributed by atoms with van der Waals surface area (Å²) in [5, 5.41) is 3.18. The van der Waals surface area contributed by atoms with Gasteiger partial charge in [0.2, 0.25) is 10.0 Å². The molecule has 0 aliphatic carbocycles. The Morgan fingerprint density at radius 2 is 2.15 bits per heavy atom. The van der Waals surface area contributed by atoms with E-state index in [1.54, 1.807) is 18.2 Å². The molecule has 6 heteroatoms. The van der Waals surface area contributed by atoms with E-state index in [0.29, 0.717) is 12.3 Å². The number of methoxy groups -OCH3 is 1. The van der Waals surface area contributed by atoms with E-state index in [4.69, 9.17) is 11.2 Å². The van der Waals surface area contributed by atoms with Crippen molar-refractivity contribution < 1.29 is 13.2 Å². The van der Waals surface area contributed by atoms with Crippen LogP contribution in [-0.4, -0.2) is 40.0 Å². The molecule has 0 heterocycles. The van der Waals surface area contributed by atoms with Crippen molar-refractivity contribution in [3.8, 4) is 18.1 Å². The van der Waals surface area contributed by atoms with E-state index in [0.717, 1.165) is 16.4 Å². The molecule has 0 radical (unpaired) electrons. The molecule has 0 fully saturated rings. The van der Waals surface area contributed by atoms with Crippen molar-refractivity contribution in [1.82, 2.24) is 9.62 Å². The van der Waals surface area contributed by atoms with Crippen LogP contribution in [0.5, 0.6) is 5.75 Å². The second kappa shape index (κ2) is 7.29. The van der Waals surface area contributed by atoms with E-state index in [1.807, 2.05) is 6.92 Å². The SMILES string of the molecule is C#CCN(C)S(=O)(=O)c1ccc(CNCC)cc1OC. The molecule has 0 spiro atoms. The van der Waals surface area contributed by atoms with Gasteiger partial charge in [-0.2, -0.15) is 4.31 Å². The second-order valence-electron chi connectivity index (χ2n) is 4.23. The first-order valence-corrected chi connectivity index (χ1v) is 7.68. The van der Waals surface area contributed by atoms with Crippen LogP contribution in [0.4, 0.5) is 0 Å². The van der Waals surface area contributed by atoms with Crippen LogP contribution in [-0.2, 0) is 16.6 Å². The number of rotatable bonds is 7. The smallest absolute Gasteiger partial charge is 0.247 e. The standard InChI is InChI=1S/C14H20N2O3S/c1-5-9-16(3)20(17,18)14-8-7-12(11-15-6-2)10-13(14)19-4/h1,7-8,10,15H,6,9,11H2,2-4H3. The van der Waals surface area contributed by atoms with Crippen LogP contribution in [0.3, 0.4) is 0 Å². The summed E-state index contributed by atoms with van der Waals surface area (Å²) in [5.41, 5.74) is 0.960. The summed E-state index contributed by atoms with van der Waals surface area (Å²) in [6.07, 6.45) is 5.16. The van der Waals surface area contributed by atoms with Gasteiger partial charge in [0, 0.05) is 13.6 Å². The Kier molecular flexibility index (Phi) is 6.02. The van der Waals surface area contributed by atoms with Crippen LogP contribution >= 0.6 is 0 Å². The lowest BCUT2D eigenvalue weighted by atomic mass is 10.2. The van der Waals surface area contributed by atoms with Gasteiger partial charge in [-0.3, -0.25) is 0 Å². The van der Waals surface area contributed by atoms with Crippen LogP contribution in [0.25, 0.3) is 0 Å². The van der Waals surface area contributed by atoms with Crippen molar-refractivity contribution in [2.45, 2.75) is 18.4 Å². The van der Waals surface area contributed by atoms with E-state index in [9.17, 15) is 8.42 Å². The molecule has 0 aliphatic heterocycles. The zero-order valence-corrected chi connectivity index (χ0v) is 12.8. The Balaban J connectivity index is 3.16. The molecule has 110 valence electrons. The van der Waals surface area contributed by atoms with E-state index >= 15 is 0 Å². The maximum atomic E-state index is 12.4. The maximum absolute atomic E-state index is 12.4. The second-order valence-corrected chi connectivity index (χ2v) is 6.24. The topological polar surface area (TPSA) is 58.6 Å². The fraction of sp³-hybridized carbons (Fsp3) is 0.429. The summed E-state index contributed by atoms with van der Waals surface area (Å²) in [7, 11) is -0.739. The van der Waals surface area contributed by atoms with Gasteiger partial charge in [-0.15, -0.1) is 6.42 Å². The molecule has 0 aromatic heterocycles. The number of terminal acetylenes is 1. The lowest BCUT2D eigenvalue weighted by molar-refractivity contribution is 0.399. The highest BCUT2D eigenvalue weighted by atomic mass is 32.2. The third-order valence-electron chi connectivity index (χ3n) is 2.81. The Hall–Kier alpha value is -1.55. The number of nitrogens with one attached hydrogen (secondary N) is 1. The molecule has 0 amide bonds. The number of nitrogens with zero attached hydrogens (tertiary/aromatic N) is 1. The van der Waals surface area contributed by atoms with Crippen molar-refractivity contribution in [3.63, 3.8) is 0 Å². The molecule has 1 aromatic rings. The summed E-state index contributed by atoms with van der Waals surface area (Å²) >= 11 is 0. The minimum absolute atomic E-state index is 0.0185. The summed E-state index contributed by atoms with van der Waals surface area (Å²) in [5.74, 6) is 2.64. The summed E-state index contributed by atoms with van der Waals surface area (Å²) in [6.45, 7) is 3.52. The van der Waals surface area contributed by atoms with E-state index < -0.39 is 10.0 Å². The maximum Gasteiger partial charge on any atom is 0.247 e. The highest BCUT2D eigenvalue weighted by Gasteiger charge is 2.24. The summed E-state index contributed by atoms with van der Waals surface area (Å²) in [4.78, 5) is 0.123. The molecule has 1 rings (SSSR count). The Labute approximate surface area is 121 Å². The average Bonchev–Trinajstić information content (AvgIpc) is 2.44. The highest BCUT2D eigenvalue weighted by Crippen LogP contribution is 2.27. The van der Waals surface area contributed by atoms with Gasteiger partial charge in [0.05, 0.1) is 13.7 Å². The van der Waals surface area contributed by atoms with E-state index in [1.165, 1.54) is 14.2 Å². The van der Waals surface area contributed by atoms with E-state index in [-0.39, 0.29) is 11.4 Å². The van der Waals surface area contributed by atoms with Gasteiger partial charge < -0.3 is 10.1 Å². The monoisotopic (exact) mass is 296 g/mol. The molecular formula is C14H20N2O3S. The molecule has 0 atom stereocenters. The highest BCUT2D eigenvalue weighted by molar-refractivity contribution is 7.89. The van der Waals surface area contributed by atoms with Crippen molar-refractivity contribution in [2.24, 2.45) is 0 Å². The molecule has 1 N–H and O–H groups in total. The van der Waals surface area contributed by atoms with Crippen LogP contribution in [0.1, 0.15) is 12.5 Å². The quantitative estimate of drug-likeness (QED) is 0.764. The van der Waals surface area contributed by atoms with Gasteiger partial charge in [-0.25, -0.2) is 8.42 Å². The van der Waals surface area contributed by atoms with Crippen LogP contribution in [0.15, 0.2) is 23.1 Å². The van der Waals surface area contributed by atoms with Gasteiger partial charge in [0.15, 0.2) is 0 Å². The molecule has 20 heavy (non-hydrogen) atoms. The van der Waals surface area contributed by atoms with Crippen molar-refractivity contribution in [2.75, 3.05) is 27.2 Å². The first-order chi connectivity index (χ1) is 9.47. The number of benzene rings is 1. The molecule has 5 nitrogen and oxygen atoms in total. The molecule has 0 saturated carbocycles. The molecule has 0 bridgehead atoms. The zero-order chi connectivity index (χ0) is 15.2. The largest absolute Gasteiger partial charge is 0.495 e. The van der Waals surface area contributed by atoms with Crippen LogP contribution < -0.4 is 10.1 Å². The third-order valence-corrected chi connectivity index (χ3v) is 4.65. The number of ether oxygens (including phenoxy) is 1. The average molecular weight is 296 g/mol. The normalized spacial score (nSPS) is 11.3. The fourth-order valence-corrected chi connectivity index (χ4v) is 2.90. The first kappa shape index (κ1) is 16.5. The number of hydrogen-bond donors (Lipinski definition) is 1. The molecular weight excluding hydrogens is 276 g/mol. The predicted octanol–water partition coefficient (Wildman–Crippen LogP) is 1.06. The van der Waals surface area contributed by atoms with E-state index in [2.05, 4.69) is 11.2 Å². The Morgan fingerprint density at radius 1 is 1.45 bits per heavy atom. The van der Waals surface area contributed by atoms with Gasteiger partial charge in [0.1, 0.15) is 10.6 Å². The van der Waals surface area contributed by atoms with Crippen molar-refractivity contribution in [3.05, 3.63) is 23.8 Å². The van der Waals surface area contributed by atoms with Crippen molar-refractivity contribution in [1.29, 1.82) is 0 Å². The lowest BCUT2D eigenvalue weighted by Gasteiger charge is -2.17. The minimum atomic E-state index is -3.64. The summed E-state index contributed by atoms with van der Waals surface area (Å²) in [6, 6.07) is 5.04. The first-order valence-electron chi connectivity index (χ1n) is 6.24. The van der Waals surface area contributed by atoms with Gasteiger partial charge in [-0.05, 0) is 24.2 Å². The van der Waals surface area contributed by atoms with Gasteiger partial charge in [0.25, 0.3) is 0 Å². The lowest BCUT2D eigenvalue weighted by Crippen LogP contribution is -2.27. The van der Waals surface area contributed by atoms with Crippen LogP contribution in [0, 0.1) is 12.3 Å². The number of sulfonamides is 1. The Morgan fingerprint density at radius 3 is 2.70 bits per heavy atom.